The number of alkyl halides is 6. The minimum atomic E-state index is -4.98. The lowest BCUT2D eigenvalue weighted by molar-refractivity contribution is -0.143. The first-order chi connectivity index (χ1) is 16.5. The van der Waals surface area contributed by atoms with Gasteiger partial charge in [0, 0.05) is 11.1 Å². The van der Waals surface area contributed by atoms with Gasteiger partial charge in [0.05, 0.1) is 11.1 Å². The number of hydrogen-bond donors (Lipinski definition) is 1. The molecule has 0 atom stereocenters. The van der Waals surface area contributed by atoms with Gasteiger partial charge < -0.3 is 5.11 Å². The molecular formula is C28H16F6O. The number of aromatic hydroxyl groups is 1. The van der Waals surface area contributed by atoms with Gasteiger partial charge in [-0.1, -0.05) is 66.7 Å². The highest BCUT2D eigenvalue weighted by molar-refractivity contribution is 6.12. The summed E-state index contributed by atoms with van der Waals surface area (Å²) in [5, 5.41) is 13.6. The van der Waals surface area contributed by atoms with E-state index in [0.717, 1.165) is 10.8 Å². The van der Waals surface area contributed by atoms with Crippen molar-refractivity contribution in [2.75, 3.05) is 0 Å². The minimum absolute atomic E-state index is 0.111. The highest BCUT2D eigenvalue weighted by Crippen LogP contribution is 2.47. The quantitative estimate of drug-likeness (QED) is 0.249. The summed E-state index contributed by atoms with van der Waals surface area (Å²) in [5.74, 6) is -0.135. The lowest BCUT2D eigenvalue weighted by Crippen LogP contribution is -2.11. The molecule has 176 valence electrons. The predicted molar refractivity (Wildman–Crippen MR) is 124 cm³/mol. The van der Waals surface area contributed by atoms with Gasteiger partial charge in [0.25, 0.3) is 0 Å². The Hall–Kier alpha value is -4.00. The smallest absolute Gasteiger partial charge is 0.416 e. The number of fused-ring (bicyclic) bond motifs is 2. The molecule has 0 aliphatic rings. The Balaban J connectivity index is 1.93. The monoisotopic (exact) mass is 482 g/mol. The lowest BCUT2D eigenvalue weighted by Gasteiger charge is -2.19. The van der Waals surface area contributed by atoms with Crippen LogP contribution in [-0.4, -0.2) is 5.11 Å². The molecule has 5 aromatic carbocycles. The number of benzene rings is 5. The largest absolute Gasteiger partial charge is 0.507 e. The zero-order valence-electron chi connectivity index (χ0n) is 17.9. The standard InChI is InChI=1S/C28H16F6O/c29-27(30,31)19-13-18(14-20(15-19)28(32,33)34)23-11-9-16-5-1-3-7-21(16)25(23)26-22-8-4-2-6-17(22)10-12-24(26)35/h1-15,35H. The van der Waals surface area contributed by atoms with E-state index in [1.54, 1.807) is 54.6 Å². The molecule has 0 fully saturated rings. The van der Waals surface area contributed by atoms with Gasteiger partial charge in [0.2, 0.25) is 0 Å². The summed E-state index contributed by atoms with van der Waals surface area (Å²) in [6.07, 6.45) is -9.96. The van der Waals surface area contributed by atoms with Crippen LogP contribution in [0, 0.1) is 0 Å². The zero-order chi connectivity index (χ0) is 25.0. The maximum atomic E-state index is 13.6. The molecule has 0 radical (unpaired) electrons. The Kier molecular flexibility index (Phi) is 5.24. The predicted octanol–water partition coefficient (Wildman–Crippen LogP) is 9.07. The summed E-state index contributed by atoms with van der Waals surface area (Å²) in [5.41, 5.74) is -2.22. The van der Waals surface area contributed by atoms with Crippen molar-refractivity contribution in [2.45, 2.75) is 12.4 Å². The summed E-state index contributed by atoms with van der Waals surface area (Å²) in [4.78, 5) is 0. The Morgan fingerprint density at radius 2 is 1.00 bits per heavy atom. The second-order valence-corrected chi connectivity index (χ2v) is 8.18. The average molecular weight is 482 g/mol. The van der Waals surface area contributed by atoms with Crippen LogP contribution >= 0.6 is 0 Å². The van der Waals surface area contributed by atoms with Crippen molar-refractivity contribution in [1.82, 2.24) is 0 Å². The van der Waals surface area contributed by atoms with E-state index in [2.05, 4.69) is 0 Å². The molecule has 0 amide bonds. The van der Waals surface area contributed by atoms with E-state index in [1.807, 2.05) is 6.07 Å². The molecule has 0 unspecified atom stereocenters. The second kappa shape index (κ2) is 8.05. The van der Waals surface area contributed by atoms with E-state index < -0.39 is 23.5 Å². The molecule has 0 aliphatic carbocycles. The van der Waals surface area contributed by atoms with Crippen molar-refractivity contribution in [3.05, 3.63) is 102 Å². The maximum absolute atomic E-state index is 13.6. The minimum Gasteiger partial charge on any atom is -0.507 e. The highest BCUT2D eigenvalue weighted by atomic mass is 19.4. The maximum Gasteiger partial charge on any atom is 0.416 e. The number of rotatable bonds is 2. The van der Waals surface area contributed by atoms with Crippen molar-refractivity contribution < 1.29 is 31.4 Å². The fraction of sp³-hybridized carbons (Fsp3) is 0.0714. The molecule has 5 rings (SSSR count). The van der Waals surface area contributed by atoms with Crippen molar-refractivity contribution in [1.29, 1.82) is 0 Å². The molecule has 0 aliphatic heterocycles. The highest BCUT2D eigenvalue weighted by Gasteiger charge is 2.37. The van der Waals surface area contributed by atoms with Gasteiger partial charge in [-0.15, -0.1) is 0 Å². The van der Waals surface area contributed by atoms with Gasteiger partial charge in [-0.25, -0.2) is 0 Å². The second-order valence-electron chi connectivity index (χ2n) is 8.18. The van der Waals surface area contributed by atoms with E-state index in [9.17, 15) is 31.4 Å². The van der Waals surface area contributed by atoms with E-state index >= 15 is 0 Å². The molecule has 0 aromatic heterocycles. The van der Waals surface area contributed by atoms with Gasteiger partial charge in [-0.3, -0.25) is 0 Å². The molecule has 0 saturated heterocycles. The van der Waals surface area contributed by atoms with Crippen LogP contribution in [0.3, 0.4) is 0 Å². The first-order valence-corrected chi connectivity index (χ1v) is 10.6. The molecule has 0 bridgehead atoms. The lowest BCUT2D eigenvalue weighted by atomic mass is 9.86. The van der Waals surface area contributed by atoms with Crippen molar-refractivity contribution >= 4 is 21.5 Å². The zero-order valence-corrected chi connectivity index (χ0v) is 17.9. The molecule has 35 heavy (non-hydrogen) atoms. The third-order valence-electron chi connectivity index (χ3n) is 5.98. The van der Waals surface area contributed by atoms with Crippen LogP contribution in [0.1, 0.15) is 11.1 Å². The van der Waals surface area contributed by atoms with E-state index in [4.69, 9.17) is 0 Å². The summed E-state index contributed by atoms with van der Waals surface area (Å²) in [7, 11) is 0. The van der Waals surface area contributed by atoms with Gasteiger partial charge in [-0.2, -0.15) is 26.3 Å². The molecule has 0 saturated carbocycles. The summed E-state index contributed by atoms with van der Waals surface area (Å²) in [6, 6.07) is 22.0. The average Bonchev–Trinajstić information content (AvgIpc) is 2.82. The SMILES string of the molecule is Oc1ccc2ccccc2c1-c1c(-c2cc(C(F)(F)F)cc(C(F)(F)F)c2)ccc2ccccc12. The fourth-order valence-corrected chi connectivity index (χ4v) is 4.41. The van der Waals surface area contributed by atoms with Crippen molar-refractivity contribution in [2.24, 2.45) is 0 Å². The van der Waals surface area contributed by atoms with Crippen LogP contribution in [0.4, 0.5) is 26.3 Å². The normalized spacial score (nSPS) is 12.4. The molecule has 7 heteroatoms. The first-order valence-electron chi connectivity index (χ1n) is 10.6. The van der Waals surface area contributed by atoms with Crippen LogP contribution in [0.2, 0.25) is 0 Å². The number of halogens is 6. The van der Waals surface area contributed by atoms with E-state index in [0.29, 0.717) is 34.0 Å². The topological polar surface area (TPSA) is 20.2 Å². The van der Waals surface area contributed by atoms with Crippen LogP contribution in [0.5, 0.6) is 5.75 Å². The van der Waals surface area contributed by atoms with E-state index in [1.165, 1.54) is 12.1 Å². The molecule has 0 spiro atoms. The van der Waals surface area contributed by atoms with Crippen LogP contribution in [0.15, 0.2) is 91.0 Å². The first kappa shape index (κ1) is 22.8. The molecular weight excluding hydrogens is 466 g/mol. The van der Waals surface area contributed by atoms with Gasteiger partial charge >= 0.3 is 12.4 Å². The van der Waals surface area contributed by atoms with Crippen LogP contribution in [-0.2, 0) is 12.4 Å². The Bertz CT molecular complexity index is 1550. The number of hydrogen-bond acceptors (Lipinski definition) is 1. The summed E-state index contributed by atoms with van der Waals surface area (Å²) in [6.45, 7) is 0. The molecule has 0 heterocycles. The molecule has 1 nitrogen and oxygen atoms in total. The third kappa shape index (κ3) is 4.07. The van der Waals surface area contributed by atoms with Gasteiger partial charge in [0.15, 0.2) is 0 Å². The van der Waals surface area contributed by atoms with Gasteiger partial charge in [-0.05, 0) is 56.9 Å². The Labute approximate surface area is 195 Å². The van der Waals surface area contributed by atoms with Crippen molar-refractivity contribution in [3.63, 3.8) is 0 Å². The van der Waals surface area contributed by atoms with Crippen LogP contribution in [0.25, 0.3) is 43.8 Å². The van der Waals surface area contributed by atoms with Crippen molar-refractivity contribution in [3.8, 4) is 28.0 Å². The van der Waals surface area contributed by atoms with Crippen LogP contribution < -0.4 is 0 Å². The fourth-order valence-electron chi connectivity index (χ4n) is 4.41. The Morgan fingerprint density at radius 1 is 0.514 bits per heavy atom. The summed E-state index contributed by atoms with van der Waals surface area (Å²) < 4.78 is 81.6. The number of phenols is 1. The third-order valence-corrected chi connectivity index (χ3v) is 5.98. The van der Waals surface area contributed by atoms with E-state index in [-0.39, 0.29) is 22.9 Å². The molecule has 1 N–H and O–H groups in total. The van der Waals surface area contributed by atoms with Gasteiger partial charge in [0.1, 0.15) is 5.75 Å². The summed E-state index contributed by atoms with van der Waals surface area (Å²) >= 11 is 0. The molecule has 5 aromatic rings. The Morgan fingerprint density at radius 3 is 1.54 bits per heavy atom. The number of phenolic OH excluding ortho intramolecular Hbond substituents is 1.